The number of amides is 1. The van der Waals surface area contributed by atoms with Crippen molar-refractivity contribution in [3.05, 3.63) is 46.7 Å². The smallest absolute Gasteiger partial charge is 0.287 e. The molecule has 0 fully saturated rings. The first-order chi connectivity index (χ1) is 10.9. The van der Waals surface area contributed by atoms with Crippen molar-refractivity contribution >= 4 is 5.91 Å². The normalized spacial score (nSPS) is 19.4. The lowest BCUT2D eigenvalue weighted by atomic mass is 9.85. The van der Waals surface area contributed by atoms with Crippen LogP contribution in [-0.2, 0) is 0 Å². The number of benzene rings is 1. The van der Waals surface area contributed by atoms with Crippen molar-refractivity contribution in [2.45, 2.75) is 33.0 Å². The summed E-state index contributed by atoms with van der Waals surface area (Å²) >= 11 is 0. The molecule has 0 saturated heterocycles. The van der Waals surface area contributed by atoms with Gasteiger partial charge in [-0.3, -0.25) is 4.79 Å². The molecule has 1 amide bonds. The van der Waals surface area contributed by atoms with Gasteiger partial charge in [0.05, 0.1) is 0 Å². The highest BCUT2D eigenvalue weighted by molar-refractivity contribution is 5.94. The van der Waals surface area contributed by atoms with Crippen LogP contribution in [0, 0.1) is 12.8 Å². The molecule has 122 valence electrons. The zero-order valence-corrected chi connectivity index (χ0v) is 13.5. The molecule has 23 heavy (non-hydrogen) atoms. The van der Waals surface area contributed by atoms with Crippen LogP contribution in [0.15, 0.2) is 28.7 Å². The first-order valence-electron chi connectivity index (χ1n) is 7.78. The average molecular weight is 315 g/mol. The number of aliphatic hydroxyl groups excluding tert-OH is 2. The minimum atomic E-state index is -1.10. The van der Waals surface area contributed by atoms with Crippen LogP contribution in [0.2, 0.25) is 0 Å². The summed E-state index contributed by atoms with van der Waals surface area (Å²) in [6, 6.07) is 7.21. The lowest BCUT2D eigenvalue weighted by Gasteiger charge is -2.26. The molecule has 0 saturated carbocycles. The van der Waals surface area contributed by atoms with E-state index in [4.69, 9.17) is 4.42 Å². The van der Waals surface area contributed by atoms with Crippen LogP contribution in [0.25, 0.3) is 11.3 Å². The van der Waals surface area contributed by atoms with Crippen LogP contribution >= 0.6 is 0 Å². The number of carbonyl (C=O) groups is 1. The Balaban J connectivity index is 2.07. The Hall–Kier alpha value is -2.11. The Bertz CT molecular complexity index is 747. The predicted molar refractivity (Wildman–Crippen MR) is 86.0 cm³/mol. The van der Waals surface area contributed by atoms with Crippen molar-refractivity contribution in [3.63, 3.8) is 0 Å². The van der Waals surface area contributed by atoms with E-state index in [2.05, 4.69) is 5.32 Å². The van der Waals surface area contributed by atoms with Gasteiger partial charge < -0.3 is 19.9 Å². The third-order valence-corrected chi connectivity index (χ3v) is 4.19. The molecule has 3 rings (SSSR count). The molecule has 1 aliphatic carbocycles. The molecular weight excluding hydrogens is 294 g/mol. The second kappa shape index (κ2) is 5.83. The SMILES string of the molecule is Cc1c(C(=O)NCC(C)C)oc2c1C(O)C(O)c1ccccc1-2. The van der Waals surface area contributed by atoms with Gasteiger partial charge in [-0.05, 0) is 18.4 Å². The highest BCUT2D eigenvalue weighted by Crippen LogP contribution is 2.47. The molecule has 1 aliphatic rings. The minimum Gasteiger partial charge on any atom is -0.450 e. The fraction of sp³-hybridized carbons (Fsp3) is 0.389. The lowest BCUT2D eigenvalue weighted by molar-refractivity contribution is 0.0149. The molecule has 2 unspecified atom stereocenters. The van der Waals surface area contributed by atoms with E-state index >= 15 is 0 Å². The second-order valence-electron chi connectivity index (χ2n) is 6.38. The molecule has 1 aromatic heterocycles. The number of fused-ring (bicyclic) bond motifs is 3. The van der Waals surface area contributed by atoms with E-state index in [9.17, 15) is 15.0 Å². The Kier molecular flexibility index (Phi) is 4.00. The predicted octanol–water partition coefficient (Wildman–Crippen LogP) is 2.72. The fourth-order valence-corrected chi connectivity index (χ4v) is 2.97. The molecular formula is C18H21NO4. The van der Waals surface area contributed by atoms with Crippen molar-refractivity contribution in [2.24, 2.45) is 5.92 Å². The number of hydrogen-bond acceptors (Lipinski definition) is 4. The van der Waals surface area contributed by atoms with Crippen molar-refractivity contribution in [2.75, 3.05) is 6.54 Å². The number of rotatable bonds is 3. The van der Waals surface area contributed by atoms with E-state index in [0.717, 1.165) is 0 Å². The minimum absolute atomic E-state index is 0.193. The summed E-state index contributed by atoms with van der Waals surface area (Å²) in [5, 5.41) is 23.6. The van der Waals surface area contributed by atoms with Gasteiger partial charge in [-0.1, -0.05) is 38.1 Å². The number of hydrogen-bond donors (Lipinski definition) is 3. The second-order valence-corrected chi connectivity index (χ2v) is 6.38. The molecule has 0 spiro atoms. The Labute approximate surface area is 134 Å². The molecule has 3 N–H and O–H groups in total. The number of carbonyl (C=O) groups excluding carboxylic acids is 1. The summed E-state index contributed by atoms with van der Waals surface area (Å²) in [5.41, 5.74) is 2.38. The molecule has 0 bridgehead atoms. The van der Waals surface area contributed by atoms with E-state index < -0.39 is 12.2 Å². The maximum atomic E-state index is 12.3. The summed E-state index contributed by atoms with van der Waals surface area (Å²) in [6.07, 6.45) is -2.13. The number of nitrogens with one attached hydrogen (secondary N) is 1. The van der Waals surface area contributed by atoms with Gasteiger partial charge in [0.25, 0.3) is 5.91 Å². The van der Waals surface area contributed by atoms with E-state index in [1.807, 2.05) is 26.0 Å². The third kappa shape index (κ3) is 2.56. The summed E-state index contributed by atoms with van der Waals surface area (Å²) in [5.74, 6) is 0.686. The van der Waals surface area contributed by atoms with Crippen LogP contribution in [0.3, 0.4) is 0 Å². The standard InChI is InChI=1S/C18H21NO4/c1-9(2)8-19-18(22)16-10(3)13-15(21)14(20)11-6-4-5-7-12(11)17(13)23-16/h4-7,9,14-15,20-21H,8H2,1-3H3,(H,19,22). The molecule has 1 aromatic carbocycles. The highest BCUT2D eigenvalue weighted by atomic mass is 16.4. The van der Waals surface area contributed by atoms with Gasteiger partial charge in [-0.15, -0.1) is 0 Å². The van der Waals surface area contributed by atoms with Crippen molar-refractivity contribution in [3.8, 4) is 11.3 Å². The van der Waals surface area contributed by atoms with E-state index in [-0.39, 0.29) is 11.7 Å². The summed E-state index contributed by atoms with van der Waals surface area (Å²) in [7, 11) is 0. The molecule has 0 aliphatic heterocycles. The van der Waals surface area contributed by atoms with E-state index in [1.165, 1.54) is 0 Å². The van der Waals surface area contributed by atoms with Gasteiger partial charge in [-0.2, -0.15) is 0 Å². The summed E-state index contributed by atoms with van der Waals surface area (Å²) in [6.45, 7) is 6.30. The van der Waals surface area contributed by atoms with Gasteiger partial charge in [0.15, 0.2) is 5.76 Å². The Morgan fingerprint density at radius 3 is 2.65 bits per heavy atom. The molecule has 2 aromatic rings. The molecule has 5 nitrogen and oxygen atoms in total. The third-order valence-electron chi connectivity index (χ3n) is 4.19. The average Bonchev–Trinajstić information content (AvgIpc) is 2.88. The summed E-state index contributed by atoms with van der Waals surface area (Å²) < 4.78 is 5.79. The van der Waals surface area contributed by atoms with Crippen LogP contribution in [0.5, 0.6) is 0 Å². The summed E-state index contributed by atoms with van der Waals surface area (Å²) in [4.78, 5) is 12.3. The highest BCUT2D eigenvalue weighted by Gasteiger charge is 2.37. The van der Waals surface area contributed by atoms with E-state index in [1.54, 1.807) is 19.1 Å². The first kappa shape index (κ1) is 15.8. The van der Waals surface area contributed by atoms with Crippen LogP contribution in [0.4, 0.5) is 0 Å². The number of aliphatic hydroxyl groups is 2. The van der Waals surface area contributed by atoms with E-state index in [0.29, 0.717) is 40.5 Å². The number of furan rings is 1. The topological polar surface area (TPSA) is 82.7 Å². The first-order valence-corrected chi connectivity index (χ1v) is 7.78. The monoisotopic (exact) mass is 315 g/mol. The van der Waals surface area contributed by atoms with Gasteiger partial charge in [0, 0.05) is 23.2 Å². The van der Waals surface area contributed by atoms with Crippen molar-refractivity contribution in [1.82, 2.24) is 5.32 Å². The largest absolute Gasteiger partial charge is 0.450 e. The fourth-order valence-electron chi connectivity index (χ4n) is 2.97. The zero-order valence-electron chi connectivity index (χ0n) is 13.5. The van der Waals surface area contributed by atoms with Crippen molar-refractivity contribution < 1.29 is 19.4 Å². The molecule has 1 heterocycles. The zero-order chi connectivity index (χ0) is 16.7. The van der Waals surface area contributed by atoms with Gasteiger partial charge in [0.1, 0.15) is 18.0 Å². The quantitative estimate of drug-likeness (QED) is 0.813. The maximum Gasteiger partial charge on any atom is 0.287 e. The maximum absolute atomic E-state index is 12.3. The van der Waals surface area contributed by atoms with Crippen molar-refractivity contribution in [1.29, 1.82) is 0 Å². The van der Waals surface area contributed by atoms with Gasteiger partial charge >= 0.3 is 0 Å². The Morgan fingerprint density at radius 2 is 1.96 bits per heavy atom. The molecule has 5 heteroatoms. The van der Waals surface area contributed by atoms with Gasteiger partial charge in [-0.25, -0.2) is 0 Å². The molecule has 0 radical (unpaired) electrons. The lowest BCUT2D eigenvalue weighted by Crippen LogP contribution is -2.27. The Morgan fingerprint density at radius 1 is 1.26 bits per heavy atom. The molecule has 2 atom stereocenters. The van der Waals surface area contributed by atoms with Crippen LogP contribution in [-0.4, -0.2) is 22.7 Å². The van der Waals surface area contributed by atoms with Gasteiger partial charge in [0.2, 0.25) is 0 Å². The van der Waals surface area contributed by atoms with Crippen LogP contribution < -0.4 is 5.32 Å². The van der Waals surface area contributed by atoms with Crippen LogP contribution in [0.1, 0.15) is 53.3 Å².